The number of ether oxygens (including phenoxy) is 1. The maximum atomic E-state index is 5.94. The Morgan fingerprint density at radius 2 is 2.00 bits per heavy atom. The van der Waals surface area contributed by atoms with Crippen LogP contribution in [0.3, 0.4) is 0 Å². The summed E-state index contributed by atoms with van der Waals surface area (Å²) in [5.74, 6) is 1.15. The molecule has 118 valence electrons. The zero-order valence-electron chi connectivity index (χ0n) is 12.3. The quantitative estimate of drug-likeness (QED) is 0.428. The van der Waals surface area contributed by atoms with Crippen molar-refractivity contribution in [3.63, 3.8) is 0 Å². The van der Waals surface area contributed by atoms with Gasteiger partial charge in [0, 0.05) is 23.3 Å². The number of nitrogens with one attached hydrogen (secondary N) is 1. The molecule has 0 heterocycles. The molecule has 6 heteroatoms. The average molecular weight is 432 g/mol. The molecule has 0 aromatic heterocycles. The topological polar surface area (TPSA) is 59.6 Å². The van der Waals surface area contributed by atoms with Crippen molar-refractivity contribution >= 4 is 47.2 Å². The summed E-state index contributed by atoms with van der Waals surface area (Å²) in [5, 5.41) is 3.77. The smallest absolute Gasteiger partial charge is 0.193 e. The van der Waals surface area contributed by atoms with Gasteiger partial charge in [-0.15, -0.1) is 24.0 Å². The standard InChI is InChI=1S/C16H18ClN3O.HI/c1-21-15-7-3-6-14(11-15)20-16(18)19-9-8-12-4-2-5-13(17)10-12;/h2-7,10-11H,8-9H2,1H3,(H3,18,19,20);1H. The van der Waals surface area contributed by atoms with Crippen molar-refractivity contribution in [1.29, 1.82) is 0 Å². The van der Waals surface area contributed by atoms with E-state index in [1.54, 1.807) is 7.11 Å². The Labute approximate surface area is 152 Å². The zero-order chi connectivity index (χ0) is 15.1. The number of benzene rings is 2. The van der Waals surface area contributed by atoms with Gasteiger partial charge in [-0.1, -0.05) is 29.8 Å². The Kier molecular flexibility index (Phi) is 8.05. The molecule has 22 heavy (non-hydrogen) atoms. The minimum Gasteiger partial charge on any atom is -0.497 e. The molecule has 4 nitrogen and oxygen atoms in total. The van der Waals surface area contributed by atoms with Crippen LogP contribution in [0.25, 0.3) is 0 Å². The van der Waals surface area contributed by atoms with Crippen molar-refractivity contribution in [3.05, 3.63) is 59.1 Å². The molecule has 0 fully saturated rings. The second-order valence-corrected chi connectivity index (χ2v) is 4.94. The number of halogens is 2. The zero-order valence-corrected chi connectivity index (χ0v) is 15.3. The van der Waals surface area contributed by atoms with E-state index in [0.29, 0.717) is 12.5 Å². The van der Waals surface area contributed by atoms with Crippen molar-refractivity contribution in [1.82, 2.24) is 0 Å². The van der Waals surface area contributed by atoms with E-state index in [1.807, 2.05) is 48.5 Å². The Bertz CT molecular complexity index is 634. The Balaban J connectivity index is 0.00000242. The maximum absolute atomic E-state index is 5.94. The molecular weight excluding hydrogens is 413 g/mol. The van der Waals surface area contributed by atoms with E-state index in [1.165, 1.54) is 0 Å². The van der Waals surface area contributed by atoms with Crippen LogP contribution in [0.1, 0.15) is 5.56 Å². The summed E-state index contributed by atoms with van der Waals surface area (Å²) >= 11 is 5.94. The van der Waals surface area contributed by atoms with Crippen molar-refractivity contribution in [2.75, 3.05) is 19.0 Å². The summed E-state index contributed by atoms with van der Waals surface area (Å²) in [6.45, 7) is 0.600. The Morgan fingerprint density at radius 3 is 2.73 bits per heavy atom. The number of guanidine groups is 1. The van der Waals surface area contributed by atoms with Gasteiger partial charge in [0.15, 0.2) is 5.96 Å². The third kappa shape index (κ3) is 6.11. The number of hydrogen-bond donors (Lipinski definition) is 2. The highest BCUT2D eigenvalue weighted by atomic mass is 127. The van der Waals surface area contributed by atoms with E-state index < -0.39 is 0 Å². The summed E-state index contributed by atoms with van der Waals surface area (Å²) in [7, 11) is 1.63. The lowest BCUT2D eigenvalue weighted by Gasteiger charge is -2.07. The van der Waals surface area contributed by atoms with E-state index in [-0.39, 0.29) is 24.0 Å². The van der Waals surface area contributed by atoms with E-state index in [9.17, 15) is 0 Å². The van der Waals surface area contributed by atoms with Gasteiger partial charge in [-0.05, 0) is 36.2 Å². The molecule has 2 aromatic carbocycles. The monoisotopic (exact) mass is 431 g/mol. The number of aliphatic imine (C=N–C) groups is 1. The van der Waals surface area contributed by atoms with Crippen LogP contribution in [0.4, 0.5) is 5.69 Å². The summed E-state index contributed by atoms with van der Waals surface area (Å²) < 4.78 is 5.15. The molecule has 0 unspecified atom stereocenters. The lowest BCUT2D eigenvalue weighted by atomic mass is 10.1. The highest BCUT2D eigenvalue weighted by Gasteiger charge is 1.98. The molecule has 0 atom stereocenters. The first-order chi connectivity index (χ1) is 10.2. The largest absolute Gasteiger partial charge is 0.497 e. The SMILES string of the molecule is COc1cccc(NC(N)=NCCc2cccc(Cl)c2)c1.I. The lowest BCUT2D eigenvalue weighted by Crippen LogP contribution is -2.23. The Hall–Kier alpha value is -1.47. The highest BCUT2D eigenvalue weighted by molar-refractivity contribution is 14.0. The van der Waals surface area contributed by atoms with Crippen LogP contribution >= 0.6 is 35.6 Å². The first-order valence-corrected chi connectivity index (χ1v) is 7.00. The van der Waals surface area contributed by atoms with Crippen LogP contribution in [0, 0.1) is 0 Å². The number of anilines is 1. The van der Waals surface area contributed by atoms with Gasteiger partial charge in [0.1, 0.15) is 5.75 Å². The lowest BCUT2D eigenvalue weighted by molar-refractivity contribution is 0.415. The van der Waals surface area contributed by atoms with Crippen LogP contribution in [0.5, 0.6) is 5.75 Å². The van der Waals surface area contributed by atoms with E-state index in [4.69, 9.17) is 22.1 Å². The molecule has 0 saturated carbocycles. The molecule has 0 spiro atoms. The number of nitrogens with two attached hydrogens (primary N) is 1. The van der Waals surface area contributed by atoms with E-state index in [2.05, 4.69) is 10.3 Å². The number of methoxy groups -OCH3 is 1. The molecule has 2 rings (SSSR count). The molecular formula is C16H19ClIN3O. The van der Waals surface area contributed by atoms with Gasteiger partial charge >= 0.3 is 0 Å². The van der Waals surface area contributed by atoms with Crippen LogP contribution in [-0.4, -0.2) is 19.6 Å². The molecule has 3 N–H and O–H groups in total. The van der Waals surface area contributed by atoms with Crippen LogP contribution in [0.15, 0.2) is 53.5 Å². The predicted octanol–water partition coefficient (Wildman–Crippen LogP) is 3.94. The molecule has 0 saturated heterocycles. The van der Waals surface area contributed by atoms with E-state index >= 15 is 0 Å². The molecule has 0 radical (unpaired) electrons. The second kappa shape index (κ2) is 9.53. The summed E-state index contributed by atoms with van der Waals surface area (Å²) in [6.07, 6.45) is 0.793. The molecule has 0 aliphatic rings. The van der Waals surface area contributed by atoms with Gasteiger partial charge in [0.2, 0.25) is 0 Å². The fraction of sp³-hybridized carbons (Fsp3) is 0.188. The van der Waals surface area contributed by atoms with Crippen molar-refractivity contribution < 1.29 is 4.74 Å². The van der Waals surface area contributed by atoms with Gasteiger partial charge in [0.05, 0.1) is 7.11 Å². The van der Waals surface area contributed by atoms with E-state index in [0.717, 1.165) is 28.4 Å². The number of rotatable bonds is 5. The van der Waals surface area contributed by atoms with Crippen LogP contribution in [-0.2, 0) is 6.42 Å². The first-order valence-electron chi connectivity index (χ1n) is 6.63. The third-order valence-corrected chi connectivity index (χ3v) is 3.15. The van der Waals surface area contributed by atoms with Gasteiger partial charge < -0.3 is 15.8 Å². The summed E-state index contributed by atoms with van der Waals surface area (Å²) in [6, 6.07) is 15.3. The molecule has 0 amide bonds. The molecule has 0 aliphatic carbocycles. The fourth-order valence-corrected chi connectivity index (χ4v) is 2.10. The Morgan fingerprint density at radius 1 is 1.23 bits per heavy atom. The van der Waals surface area contributed by atoms with Gasteiger partial charge in [-0.3, -0.25) is 4.99 Å². The summed E-state index contributed by atoms with van der Waals surface area (Å²) in [4.78, 5) is 4.30. The fourth-order valence-electron chi connectivity index (χ4n) is 1.89. The maximum Gasteiger partial charge on any atom is 0.193 e. The predicted molar refractivity (Wildman–Crippen MR) is 104 cm³/mol. The molecule has 0 bridgehead atoms. The average Bonchev–Trinajstić information content (AvgIpc) is 2.47. The van der Waals surface area contributed by atoms with Crippen LogP contribution < -0.4 is 15.8 Å². The van der Waals surface area contributed by atoms with Gasteiger partial charge in [0.25, 0.3) is 0 Å². The molecule has 2 aromatic rings. The van der Waals surface area contributed by atoms with Crippen molar-refractivity contribution in [2.24, 2.45) is 10.7 Å². The highest BCUT2D eigenvalue weighted by Crippen LogP contribution is 2.16. The van der Waals surface area contributed by atoms with Crippen LogP contribution in [0.2, 0.25) is 5.02 Å². The van der Waals surface area contributed by atoms with Gasteiger partial charge in [-0.2, -0.15) is 0 Å². The second-order valence-electron chi connectivity index (χ2n) is 4.50. The molecule has 0 aliphatic heterocycles. The minimum atomic E-state index is 0. The number of hydrogen-bond acceptors (Lipinski definition) is 2. The van der Waals surface area contributed by atoms with Gasteiger partial charge in [-0.25, -0.2) is 0 Å². The normalized spacial score (nSPS) is 10.7. The first kappa shape index (κ1) is 18.6. The number of nitrogens with zero attached hydrogens (tertiary/aromatic N) is 1. The third-order valence-electron chi connectivity index (χ3n) is 2.91. The minimum absolute atomic E-state index is 0. The van der Waals surface area contributed by atoms with Crippen molar-refractivity contribution in [3.8, 4) is 5.75 Å². The van der Waals surface area contributed by atoms with Crippen molar-refractivity contribution in [2.45, 2.75) is 6.42 Å². The summed E-state index contributed by atoms with van der Waals surface area (Å²) in [5.41, 5.74) is 7.85.